The lowest BCUT2D eigenvalue weighted by Crippen LogP contribution is -2.12. The lowest BCUT2D eigenvalue weighted by Gasteiger charge is -2.06. The number of amides is 1. The summed E-state index contributed by atoms with van der Waals surface area (Å²) in [6.45, 7) is 0. The Bertz CT molecular complexity index is 611. The molecule has 1 amide bonds. The van der Waals surface area contributed by atoms with Crippen molar-refractivity contribution in [2.24, 2.45) is 0 Å². The molecule has 2 nitrogen and oxygen atoms in total. The quantitative estimate of drug-likeness (QED) is 0.819. The van der Waals surface area contributed by atoms with Crippen LogP contribution in [-0.4, -0.2) is 5.91 Å². The Balaban J connectivity index is 1.89. The summed E-state index contributed by atoms with van der Waals surface area (Å²) < 4.78 is 0. The van der Waals surface area contributed by atoms with E-state index in [0.717, 1.165) is 5.56 Å². The van der Waals surface area contributed by atoms with Crippen LogP contribution in [0.25, 0.3) is 0 Å². The van der Waals surface area contributed by atoms with Gasteiger partial charge in [0.2, 0.25) is 5.91 Å². The monoisotopic (exact) mass is 327 g/mol. The summed E-state index contributed by atoms with van der Waals surface area (Å²) in [7, 11) is 0. The number of nitrogens with one attached hydrogen (secondary N) is 1. The fourth-order valence-corrected chi connectivity index (χ4v) is 2.13. The maximum absolute atomic E-state index is 11.8. The summed E-state index contributed by atoms with van der Waals surface area (Å²) in [6.07, 6.45) is 1.05. The normalized spacial score (nSPS) is 10.3. The van der Waals surface area contributed by atoms with Gasteiger partial charge < -0.3 is 5.32 Å². The summed E-state index contributed by atoms with van der Waals surface area (Å²) in [4.78, 5) is 11.8. The molecule has 0 atom stereocenters. The molecule has 0 bridgehead atoms. The van der Waals surface area contributed by atoms with Gasteiger partial charge >= 0.3 is 0 Å². The van der Waals surface area contributed by atoms with Crippen molar-refractivity contribution in [1.82, 2.24) is 0 Å². The summed E-state index contributed by atoms with van der Waals surface area (Å²) >= 11 is 17.5. The van der Waals surface area contributed by atoms with E-state index < -0.39 is 0 Å². The number of rotatable bonds is 4. The van der Waals surface area contributed by atoms with Crippen LogP contribution < -0.4 is 5.32 Å². The lowest BCUT2D eigenvalue weighted by molar-refractivity contribution is -0.116. The average molecular weight is 329 g/mol. The largest absolute Gasteiger partial charge is 0.326 e. The van der Waals surface area contributed by atoms with E-state index in [9.17, 15) is 4.79 Å². The van der Waals surface area contributed by atoms with Crippen molar-refractivity contribution in [2.45, 2.75) is 12.8 Å². The van der Waals surface area contributed by atoms with Crippen LogP contribution in [0.15, 0.2) is 42.5 Å². The van der Waals surface area contributed by atoms with Gasteiger partial charge in [0.25, 0.3) is 0 Å². The van der Waals surface area contributed by atoms with Crippen molar-refractivity contribution in [3.8, 4) is 0 Å². The zero-order valence-corrected chi connectivity index (χ0v) is 12.8. The molecule has 0 fully saturated rings. The van der Waals surface area contributed by atoms with Crippen LogP contribution in [0.1, 0.15) is 12.0 Å². The van der Waals surface area contributed by atoms with Gasteiger partial charge in [-0.2, -0.15) is 0 Å². The molecule has 2 rings (SSSR count). The van der Waals surface area contributed by atoms with Gasteiger partial charge in [-0.1, -0.05) is 46.9 Å². The molecule has 1 N–H and O–H groups in total. The molecule has 0 heterocycles. The van der Waals surface area contributed by atoms with Crippen LogP contribution in [0.5, 0.6) is 0 Å². The number of benzene rings is 2. The maximum Gasteiger partial charge on any atom is 0.224 e. The van der Waals surface area contributed by atoms with Crippen LogP contribution in [0, 0.1) is 0 Å². The Kier molecular flexibility index (Phi) is 5.30. The fraction of sp³-hybridized carbons (Fsp3) is 0.133. The molecule has 0 saturated carbocycles. The first-order chi connectivity index (χ1) is 9.54. The Hall–Kier alpha value is -1.22. The van der Waals surface area contributed by atoms with E-state index in [4.69, 9.17) is 34.8 Å². The first-order valence-corrected chi connectivity index (χ1v) is 7.17. The topological polar surface area (TPSA) is 29.1 Å². The molecule has 2 aromatic rings. The van der Waals surface area contributed by atoms with Gasteiger partial charge in [0.05, 0.1) is 10.0 Å². The molecule has 0 radical (unpaired) electrons. The maximum atomic E-state index is 11.8. The van der Waals surface area contributed by atoms with Gasteiger partial charge in [0.1, 0.15) is 0 Å². The molecule has 0 aliphatic carbocycles. The van der Waals surface area contributed by atoms with Gasteiger partial charge in [-0.05, 0) is 42.3 Å². The third-order valence-corrected chi connectivity index (χ3v) is 3.75. The zero-order chi connectivity index (χ0) is 14.5. The number of anilines is 1. The minimum absolute atomic E-state index is 0.0710. The highest BCUT2D eigenvalue weighted by Crippen LogP contribution is 2.25. The van der Waals surface area contributed by atoms with Crippen LogP contribution >= 0.6 is 34.8 Å². The molecule has 0 spiro atoms. The third-order valence-electron chi connectivity index (χ3n) is 2.76. The molecule has 0 aliphatic heterocycles. The van der Waals surface area contributed by atoms with Crippen molar-refractivity contribution in [3.63, 3.8) is 0 Å². The highest BCUT2D eigenvalue weighted by molar-refractivity contribution is 6.42. The highest BCUT2D eigenvalue weighted by atomic mass is 35.5. The fourth-order valence-electron chi connectivity index (χ4n) is 1.71. The van der Waals surface area contributed by atoms with Crippen molar-refractivity contribution >= 4 is 46.4 Å². The highest BCUT2D eigenvalue weighted by Gasteiger charge is 2.05. The van der Waals surface area contributed by atoms with Gasteiger partial charge in [-0.25, -0.2) is 0 Å². The van der Waals surface area contributed by atoms with E-state index in [1.807, 2.05) is 24.3 Å². The molecule has 2 aromatic carbocycles. The molecule has 0 aliphatic rings. The van der Waals surface area contributed by atoms with Crippen LogP contribution in [0.4, 0.5) is 5.69 Å². The Labute approximate surface area is 132 Å². The first kappa shape index (κ1) is 15.2. The second kappa shape index (κ2) is 6.98. The van der Waals surface area contributed by atoms with Crippen LogP contribution in [-0.2, 0) is 11.2 Å². The standard InChI is InChI=1S/C15H12Cl3NO/c16-11-4-1-10(2-5-11)3-8-15(20)19-12-6-7-13(17)14(18)9-12/h1-2,4-7,9H,3,8H2,(H,19,20). The third kappa shape index (κ3) is 4.41. The second-order valence-electron chi connectivity index (χ2n) is 4.30. The SMILES string of the molecule is O=C(CCc1ccc(Cl)cc1)Nc1ccc(Cl)c(Cl)c1. The number of hydrogen-bond donors (Lipinski definition) is 1. The Morgan fingerprint density at radius 3 is 2.30 bits per heavy atom. The summed E-state index contributed by atoms with van der Waals surface area (Å²) in [6, 6.07) is 12.4. The van der Waals surface area contributed by atoms with Gasteiger partial charge in [0.15, 0.2) is 0 Å². The van der Waals surface area contributed by atoms with Crippen molar-refractivity contribution in [2.75, 3.05) is 5.32 Å². The van der Waals surface area contributed by atoms with Crippen LogP contribution in [0.3, 0.4) is 0 Å². The lowest BCUT2D eigenvalue weighted by atomic mass is 10.1. The van der Waals surface area contributed by atoms with Gasteiger partial charge in [-0.3, -0.25) is 4.79 Å². The summed E-state index contributed by atoms with van der Waals surface area (Å²) in [5, 5.41) is 4.35. The van der Waals surface area contributed by atoms with E-state index in [0.29, 0.717) is 33.6 Å². The smallest absolute Gasteiger partial charge is 0.224 e. The van der Waals surface area contributed by atoms with E-state index in [1.165, 1.54) is 0 Å². The van der Waals surface area contributed by atoms with Crippen molar-refractivity contribution < 1.29 is 4.79 Å². The molecular formula is C15H12Cl3NO. The number of hydrogen-bond acceptors (Lipinski definition) is 1. The molecule has 104 valence electrons. The molecule has 5 heteroatoms. The predicted octanol–water partition coefficient (Wildman–Crippen LogP) is 5.22. The Morgan fingerprint density at radius 2 is 1.65 bits per heavy atom. The van der Waals surface area contributed by atoms with E-state index in [2.05, 4.69) is 5.32 Å². The first-order valence-electron chi connectivity index (χ1n) is 6.04. The minimum Gasteiger partial charge on any atom is -0.326 e. The second-order valence-corrected chi connectivity index (χ2v) is 5.55. The molecule has 0 unspecified atom stereocenters. The molecule has 0 saturated heterocycles. The van der Waals surface area contributed by atoms with E-state index in [-0.39, 0.29) is 5.91 Å². The molecule has 0 aromatic heterocycles. The number of aryl methyl sites for hydroxylation is 1. The van der Waals surface area contributed by atoms with E-state index in [1.54, 1.807) is 18.2 Å². The molecular weight excluding hydrogens is 317 g/mol. The van der Waals surface area contributed by atoms with Gasteiger partial charge in [-0.15, -0.1) is 0 Å². The van der Waals surface area contributed by atoms with Crippen molar-refractivity contribution in [3.05, 3.63) is 63.1 Å². The number of carbonyl (C=O) groups excluding carboxylic acids is 1. The summed E-state index contributed by atoms with van der Waals surface area (Å²) in [5.41, 5.74) is 1.71. The minimum atomic E-state index is -0.0710. The average Bonchev–Trinajstić information content (AvgIpc) is 2.42. The summed E-state index contributed by atoms with van der Waals surface area (Å²) in [5.74, 6) is -0.0710. The van der Waals surface area contributed by atoms with Crippen LogP contribution in [0.2, 0.25) is 15.1 Å². The molecule has 20 heavy (non-hydrogen) atoms. The van der Waals surface area contributed by atoms with E-state index >= 15 is 0 Å². The Morgan fingerprint density at radius 1 is 0.950 bits per heavy atom. The van der Waals surface area contributed by atoms with Crippen molar-refractivity contribution in [1.29, 1.82) is 0 Å². The number of halogens is 3. The number of carbonyl (C=O) groups is 1. The zero-order valence-electron chi connectivity index (χ0n) is 10.5. The predicted molar refractivity (Wildman–Crippen MR) is 84.9 cm³/mol. The van der Waals surface area contributed by atoms with Gasteiger partial charge in [0, 0.05) is 17.1 Å².